The van der Waals surface area contributed by atoms with Gasteiger partial charge in [-0.3, -0.25) is 9.48 Å². The summed E-state index contributed by atoms with van der Waals surface area (Å²) < 4.78 is 7.13. The molecular weight excluding hydrogens is 322 g/mol. The number of amides is 1. The van der Waals surface area contributed by atoms with E-state index in [0.29, 0.717) is 24.4 Å². The zero-order valence-electron chi connectivity index (χ0n) is 13.7. The minimum atomic E-state index is -0.143. The van der Waals surface area contributed by atoms with E-state index < -0.39 is 0 Å². The number of rotatable bonds is 6. The fourth-order valence-electron chi connectivity index (χ4n) is 2.48. The van der Waals surface area contributed by atoms with Crippen LogP contribution >= 0.6 is 11.3 Å². The predicted molar refractivity (Wildman–Crippen MR) is 95.6 cm³/mol. The van der Waals surface area contributed by atoms with Gasteiger partial charge in [0.2, 0.25) is 0 Å². The maximum absolute atomic E-state index is 12.3. The number of hydrogen-bond donors (Lipinski definition) is 1. The van der Waals surface area contributed by atoms with Crippen LogP contribution in [0.25, 0.3) is 10.6 Å². The molecular formula is C18H19N3O2S. The molecule has 0 fully saturated rings. The smallest absolute Gasteiger partial charge is 0.255 e. The summed E-state index contributed by atoms with van der Waals surface area (Å²) in [6.07, 6.45) is 0. The number of nitrogens with zero attached hydrogens (tertiary/aromatic N) is 2. The first-order valence-electron chi connectivity index (χ1n) is 7.68. The van der Waals surface area contributed by atoms with Crippen LogP contribution in [0.3, 0.4) is 0 Å². The number of carbonyl (C=O) groups excluding carboxylic acids is 1. The number of hydrogen-bond acceptors (Lipinski definition) is 4. The summed E-state index contributed by atoms with van der Waals surface area (Å²) in [7, 11) is 1.56. The number of para-hydroxylation sites is 1. The van der Waals surface area contributed by atoms with Crippen molar-refractivity contribution >= 4 is 17.2 Å². The first kappa shape index (κ1) is 16.3. The molecule has 0 saturated heterocycles. The third-order valence-corrected chi connectivity index (χ3v) is 4.61. The fourth-order valence-corrected chi connectivity index (χ4v) is 3.17. The Hall–Kier alpha value is -2.60. The molecule has 0 radical (unpaired) electrons. The molecule has 6 heteroatoms. The molecule has 0 atom stereocenters. The summed E-state index contributed by atoms with van der Waals surface area (Å²) in [4.78, 5) is 13.4. The highest BCUT2D eigenvalue weighted by Gasteiger charge is 2.11. The van der Waals surface area contributed by atoms with Crippen LogP contribution in [0.5, 0.6) is 5.75 Å². The largest absolute Gasteiger partial charge is 0.496 e. The molecule has 0 unspecified atom stereocenters. The van der Waals surface area contributed by atoms with Gasteiger partial charge >= 0.3 is 0 Å². The van der Waals surface area contributed by atoms with Crippen LogP contribution in [0.2, 0.25) is 0 Å². The van der Waals surface area contributed by atoms with Crippen molar-refractivity contribution in [3.05, 3.63) is 59.1 Å². The van der Waals surface area contributed by atoms with Crippen molar-refractivity contribution in [2.75, 3.05) is 13.7 Å². The van der Waals surface area contributed by atoms with Gasteiger partial charge in [-0.15, -0.1) is 11.3 Å². The second-order valence-corrected chi connectivity index (χ2v) is 6.28. The second kappa shape index (κ2) is 7.31. The van der Waals surface area contributed by atoms with E-state index in [1.165, 1.54) is 0 Å². The number of aryl methyl sites for hydroxylation is 1. The predicted octanol–water partition coefficient (Wildman–Crippen LogP) is 3.36. The van der Waals surface area contributed by atoms with Gasteiger partial charge in [0.05, 0.1) is 24.1 Å². The van der Waals surface area contributed by atoms with Crippen LogP contribution in [0.1, 0.15) is 16.1 Å². The highest BCUT2D eigenvalue weighted by molar-refractivity contribution is 7.13. The summed E-state index contributed by atoms with van der Waals surface area (Å²) >= 11 is 1.67. The Labute approximate surface area is 144 Å². The zero-order chi connectivity index (χ0) is 16.9. The molecule has 2 heterocycles. The van der Waals surface area contributed by atoms with Gasteiger partial charge in [-0.25, -0.2) is 0 Å². The highest BCUT2D eigenvalue weighted by atomic mass is 32.1. The quantitative estimate of drug-likeness (QED) is 0.748. The van der Waals surface area contributed by atoms with Gasteiger partial charge in [-0.2, -0.15) is 5.10 Å². The number of thiophene rings is 1. The molecule has 1 amide bonds. The van der Waals surface area contributed by atoms with Gasteiger partial charge in [-0.05, 0) is 36.6 Å². The van der Waals surface area contributed by atoms with Crippen molar-refractivity contribution in [2.45, 2.75) is 13.5 Å². The van der Waals surface area contributed by atoms with E-state index in [9.17, 15) is 4.79 Å². The lowest BCUT2D eigenvalue weighted by molar-refractivity contribution is 0.0949. The summed E-state index contributed by atoms with van der Waals surface area (Å²) in [5.41, 5.74) is 2.58. The van der Waals surface area contributed by atoms with Crippen LogP contribution in [0, 0.1) is 6.92 Å². The van der Waals surface area contributed by atoms with Crippen molar-refractivity contribution in [2.24, 2.45) is 0 Å². The van der Waals surface area contributed by atoms with E-state index >= 15 is 0 Å². The van der Waals surface area contributed by atoms with E-state index in [4.69, 9.17) is 4.74 Å². The molecule has 0 aliphatic rings. The Morgan fingerprint density at radius 3 is 2.88 bits per heavy atom. The van der Waals surface area contributed by atoms with Gasteiger partial charge < -0.3 is 10.1 Å². The molecule has 0 bridgehead atoms. The van der Waals surface area contributed by atoms with Crippen molar-refractivity contribution in [3.8, 4) is 16.3 Å². The summed E-state index contributed by atoms with van der Waals surface area (Å²) in [5.74, 6) is 0.431. The number of ether oxygens (including phenoxy) is 1. The van der Waals surface area contributed by atoms with Crippen molar-refractivity contribution in [1.29, 1.82) is 0 Å². The minimum absolute atomic E-state index is 0.143. The Bertz CT molecular complexity index is 825. The van der Waals surface area contributed by atoms with Crippen molar-refractivity contribution < 1.29 is 9.53 Å². The molecule has 3 aromatic rings. The first-order chi connectivity index (χ1) is 11.7. The molecule has 2 aromatic heterocycles. The summed E-state index contributed by atoms with van der Waals surface area (Å²) in [6, 6.07) is 13.3. The number of carbonyl (C=O) groups is 1. The maximum Gasteiger partial charge on any atom is 0.255 e. The minimum Gasteiger partial charge on any atom is -0.496 e. The Morgan fingerprint density at radius 2 is 2.12 bits per heavy atom. The average Bonchev–Trinajstić information content (AvgIpc) is 3.25. The molecule has 124 valence electrons. The van der Waals surface area contributed by atoms with Crippen LogP contribution in [-0.4, -0.2) is 29.3 Å². The molecule has 0 aliphatic carbocycles. The monoisotopic (exact) mass is 341 g/mol. The van der Waals surface area contributed by atoms with Crippen LogP contribution in [0.15, 0.2) is 47.8 Å². The maximum atomic E-state index is 12.3. The second-order valence-electron chi connectivity index (χ2n) is 5.33. The van der Waals surface area contributed by atoms with Gasteiger partial charge in [0.1, 0.15) is 11.4 Å². The normalized spacial score (nSPS) is 10.6. The third kappa shape index (κ3) is 3.49. The highest BCUT2D eigenvalue weighted by Crippen LogP contribution is 2.23. The van der Waals surface area contributed by atoms with Crippen molar-refractivity contribution in [3.63, 3.8) is 0 Å². The number of aromatic nitrogens is 2. The molecule has 0 saturated carbocycles. The van der Waals surface area contributed by atoms with E-state index in [0.717, 1.165) is 16.3 Å². The molecule has 1 N–H and O–H groups in total. The average molecular weight is 341 g/mol. The first-order valence-corrected chi connectivity index (χ1v) is 8.56. The summed E-state index contributed by atoms with van der Waals surface area (Å²) in [6.45, 7) is 3.15. The molecule has 3 rings (SSSR count). The lowest BCUT2D eigenvalue weighted by Gasteiger charge is -2.09. The third-order valence-electron chi connectivity index (χ3n) is 3.72. The molecule has 24 heavy (non-hydrogen) atoms. The Balaban J connectivity index is 1.61. The standard InChI is InChI=1S/C18H19N3O2S/c1-13-12-15(17-8-5-11-24-17)20-21(13)10-9-19-18(22)14-6-3-4-7-16(14)23-2/h3-8,11-12H,9-10H2,1-2H3,(H,19,22). The fraction of sp³-hybridized carbons (Fsp3) is 0.222. The van der Waals surface area contributed by atoms with Gasteiger partial charge in [0.25, 0.3) is 5.91 Å². The van der Waals surface area contributed by atoms with E-state index in [2.05, 4.69) is 22.5 Å². The van der Waals surface area contributed by atoms with E-state index in [-0.39, 0.29) is 5.91 Å². The molecule has 1 aromatic carbocycles. The SMILES string of the molecule is COc1ccccc1C(=O)NCCn1nc(-c2cccs2)cc1C. The zero-order valence-corrected chi connectivity index (χ0v) is 14.5. The topological polar surface area (TPSA) is 56.1 Å². The number of methoxy groups -OCH3 is 1. The van der Waals surface area contributed by atoms with Gasteiger partial charge in [0, 0.05) is 12.2 Å². The Kier molecular flexibility index (Phi) is 4.96. The summed E-state index contributed by atoms with van der Waals surface area (Å²) in [5, 5.41) is 9.56. The van der Waals surface area contributed by atoms with E-state index in [1.54, 1.807) is 30.6 Å². The Morgan fingerprint density at radius 1 is 1.29 bits per heavy atom. The molecule has 0 aliphatic heterocycles. The molecule has 5 nitrogen and oxygen atoms in total. The van der Waals surface area contributed by atoms with Crippen LogP contribution in [-0.2, 0) is 6.54 Å². The lowest BCUT2D eigenvalue weighted by Crippen LogP contribution is -2.28. The number of benzene rings is 1. The molecule has 0 spiro atoms. The van der Waals surface area contributed by atoms with Crippen molar-refractivity contribution in [1.82, 2.24) is 15.1 Å². The number of nitrogens with one attached hydrogen (secondary N) is 1. The van der Waals surface area contributed by atoms with Crippen LogP contribution in [0.4, 0.5) is 0 Å². The van der Waals surface area contributed by atoms with Gasteiger partial charge in [-0.1, -0.05) is 18.2 Å². The van der Waals surface area contributed by atoms with Gasteiger partial charge in [0.15, 0.2) is 0 Å². The van der Waals surface area contributed by atoms with Crippen LogP contribution < -0.4 is 10.1 Å². The van der Waals surface area contributed by atoms with E-state index in [1.807, 2.05) is 35.2 Å². The lowest BCUT2D eigenvalue weighted by atomic mass is 10.2.